The van der Waals surface area contributed by atoms with E-state index in [1.165, 1.54) is 13.5 Å². The molecule has 0 spiro atoms. The minimum atomic E-state index is -0.398. The quantitative estimate of drug-likeness (QED) is 0.686. The Morgan fingerprint density at radius 3 is 2.36 bits per heavy atom. The number of nitrogens with one attached hydrogen (secondary N) is 1. The first-order chi connectivity index (χ1) is 10.3. The number of rotatable bonds is 4. The molecule has 1 aromatic heterocycles. The van der Waals surface area contributed by atoms with Gasteiger partial charge in [-0.15, -0.1) is 0 Å². The van der Waals surface area contributed by atoms with Crippen molar-refractivity contribution in [1.29, 1.82) is 0 Å². The summed E-state index contributed by atoms with van der Waals surface area (Å²) in [7, 11) is 1.35. The molecule has 2 rings (SSSR count). The number of likely N-dealkylation sites (tertiary alicyclic amines) is 1. The third kappa shape index (κ3) is 3.40. The van der Waals surface area contributed by atoms with Crippen molar-refractivity contribution in [2.24, 2.45) is 11.8 Å². The Morgan fingerprint density at radius 1 is 1.23 bits per heavy atom. The van der Waals surface area contributed by atoms with E-state index in [2.05, 4.69) is 23.7 Å². The average Bonchev–Trinajstić information content (AvgIpc) is 2.72. The summed E-state index contributed by atoms with van der Waals surface area (Å²) < 4.78 is 4.79. The van der Waals surface area contributed by atoms with E-state index in [0.717, 1.165) is 13.1 Å². The third-order valence-corrected chi connectivity index (χ3v) is 4.42. The van der Waals surface area contributed by atoms with Crippen LogP contribution in [0, 0.1) is 25.7 Å². The summed E-state index contributed by atoms with van der Waals surface area (Å²) in [5.74, 6) is 0.880. The number of hydrogen-bond acceptors (Lipinski definition) is 4. The fourth-order valence-corrected chi connectivity index (χ4v) is 3.64. The highest BCUT2D eigenvalue weighted by Crippen LogP contribution is 2.23. The SMILES string of the molecule is COC(=O)c1c(C)[nH]c(C(=O)CN2C[C@@H](C)C[C@H](C)C2)c1C. The van der Waals surface area contributed by atoms with Gasteiger partial charge in [0.15, 0.2) is 5.78 Å². The Labute approximate surface area is 132 Å². The van der Waals surface area contributed by atoms with Crippen molar-refractivity contribution in [3.63, 3.8) is 0 Å². The van der Waals surface area contributed by atoms with Crippen LogP contribution < -0.4 is 0 Å². The predicted octanol–water partition coefficient (Wildman–Crippen LogP) is 2.58. The number of piperidine rings is 1. The largest absolute Gasteiger partial charge is 0.465 e. The first-order valence-electron chi connectivity index (χ1n) is 7.86. The van der Waals surface area contributed by atoms with Crippen molar-refractivity contribution in [2.75, 3.05) is 26.7 Å². The number of aryl methyl sites for hydroxylation is 1. The van der Waals surface area contributed by atoms with Crippen molar-refractivity contribution in [2.45, 2.75) is 34.1 Å². The lowest BCUT2D eigenvalue weighted by molar-refractivity contribution is 0.0599. The molecule has 0 saturated carbocycles. The first kappa shape index (κ1) is 16.7. The molecule has 1 fully saturated rings. The van der Waals surface area contributed by atoms with Crippen LogP contribution in [0.3, 0.4) is 0 Å². The van der Waals surface area contributed by atoms with E-state index in [1.54, 1.807) is 13.8 Å². The fraction of sp³-hybridized carbons (Fsp3) is 0.647. The molecule has 1 saturated heterocycles. The molecular formula is C17H26N2O3. The number of ether oxygens (including phenoxy) is 1. The highest BCUT2D eigenvalue weighted by molar-refractivity contribution is 6.02. The van der Waals surface area contributed by atoms with E-state index in [1.807, 2.05) is 0 Å². The Kier molecular flexibility index (Phi) is 5.06. The van der Waals surface area contributed by atoms with Gasteiger partial charge in [-0.05, 0) is 37.7 Å². The van der Waals surface area contributed by atoms with Crippen molar-refractivity contribution >= 4 is 11.8 Å². The Balaban J connectivity index is 2.15. The number of Topliss-reactive ketones (excluding diaryl/α,β-unsaturated/α-hetero) is 1. The number of methoxy groups -OCH3 is 1. The second-order valence-electron chi connectivity index (χ2n) is 6.68. The number of aromatic amines is 1. The van der Waals surface area contributed by atoms with Gasteiger partial charge in [0.2, 0.25) is 0 Å². The summed E-state index contributed by atoms with van der Waals surface area (Å²) in [5, 5.41) is 0. The zero-order valence-corrected chi connectivity index (χ0v) is 14.2. The summed E-state index contributed by atoms with van der Waals surface area (Å²) in [4.78, 5) is 29.7. The highest BCUT2D eigenvalue weighted by atomic mass is 16.5. The number of aromatic nitrogens is 1. The maximum Gasteiger partial charge on any atom is 0.339 e. The number of carbonyl (C=O) groups excluding carboxylic acids is 2. The molecule has 0 unspecified atom stereocenters. The normalized spacial score (nSPS) is 22.6. The summed E-state index contributed by atoms with van der Waals surface area (Å²) in [6.45, 7) is 10.4. The van der Waals surface area contributed by atoms with E-state index in [-0.39, 0.29) is 5.78 Å². The van der Waals surface area contributed by atoms with Crippen LogP contribution >= 0.6 is 0 Å². The van der Waals surface area contributed by atoms with Gasteiger partial charge in [-0.3, -0.25) is 9.69 Å². The van der Waals surface area contributed by atoms with Crippen LogP contribution in [0.4, 0.5) is 0 Å². The predicted molar refractivity (Wildman–Crippen MR) is 85.3 cm³/mol. The van der Waals surface area contributed by atoms with Gasteiger partial charge in [0.05, 0.1) is 24.9 Å². The summed E-state index contributed by atoms with van der Waals surface area (Å²) >= 11 is 0. The van der Waals surface area contributed by atoms with Crippen LogP contribution in [0.2, 0.25) is 0 Å². The standard InChI is InChI=1S/C17H26N2O3/c1-10-6-11(2)8-19(7-10)9-14(20)16-12(3)15(13(4)18-16)17(21)22-5/h10-11,18H,6-9H2,1-5H3/t10-,11-/m0/s1. The monoisotopic (exact) mass is 306 g/mol. The second-order valence-corrected chi connectivity index (χ2v) is 6.68. The van der Waals surface area contributed by atoms with Crippen LogP contribution in [0.1, 0.15) is 52.4 Å². The number of hydrogen-bond donors (Lipinski definition) is 1. The molecule has 0 radical (unpaired) electrons. The van der Waals surface area contributed by atoms with Gasteiger partial charge in [0, 0.05) is 18.8 Å². The van der Waals surface area contributed by atoms with Crippen molar-refractivity contribution in [3.05, 3.63) is 22.5 Å². The fourth-order valence-electron chi connectivity index (χ4n) is 3.64. The van der Waals surface area contributed by atoms with Gasteiger partial charge in [-0.25, -0.2) is 4.79 Å². The van der Waals surface area contributed by atoms with Crippen LogP contribution in [-0.4, -0.2) is 48.4 Å². The lowest BCUT2D eigenvalue weighted by Gasteiger charge is -2.34. The second kappa shape index (κ2) is 6.65. The Bertz CT molecular complexity index is 567. The van der Waals surface area contributed by atoms with Crippen molar-refractivity contribution in [1.82, 2.24) is 9.88 Å². The zero-order valence-electron chi connectivity index (χ0n) is 14.2. The number of nitrogens with zero attached hydrogens (tertiary/aromatic N) is 1. The molecule has 1 aliphatic heterocycles. The van der Waals surface area contributed by atoms with Gasteiger partial charge < -0.3 is 9.72 Å². The summed E-state index contributed by atoms with van der Waals surface area (Å²) in [5.41, 5.74) is 2.38. The van der Waals surface area contributed by atoms with Crippen LogP contribution in [-0.2, 0) is 4.74 Å². The molecule has 0 aliphatic carbocycles. The number of esters is 1. The molecule has 1 aromatic rings. The molecule has 2 atom stereocenters. The topological polar surface area (TPSA) is 62.4 Å². The van der Waals surface area contributed by atoms with E-state index in [4.69, 9.17) is 4.74 Å². The van der Waals surface area contributed by atoms with Crippen molar-refractivity contribution in [3.8, 4) is 0 Å². The number of ketones is 1. The maximum absolute atomic E-state index is 12.6. The number of carbonyl (C=O) groups is 2. The van der Waals surface area contributed by atoms with E-state index < -0.39 is 5.97 Å². The molecular weight excluding hydrogens is 280 g/mol. The van der Waals surface area contributed by atoms with E-state index in [9.17, 15) is 9.59 Å². The van der Waals surface area contributed by atoms with Gasteiger partial charge in [0.1, 0.15) is 0 Å². The molecule has 0 bridgehead atoms. The number of H-pyrrole nitrogens is 1. The molecule has 1 N–H and O–H groups in total. The highest BCUT2D eigenvalue weighted by Gasteiger charge is 2.27. The zero-order chi connectivity index (χ0) is 16.4. The molecule has 122 valence electrons. The van der Waals surface area contributed by atoms with Crippen LogP contribution in [0.5, 0.6) is 0 Å². The van der Waals surface area contributed by atoms with Crippen LogP contribution in [0.25, 0.3) is 0 Å². The van der Waals surface area contributed by atoms with Gasteiger partial charge in [0.25, 0.3) is 0 Å². The summed E-state index contributed by atoms with van der Waals surface area (Å²) in [6, 6.07) is 0. The molecule has 5 heteroatoms. The van der Waals surface area contributed by atoms with Crippen molar-refractivity contribution < 1.29 is 14.3 Å². The van der Waals surface area contributed by atoms with Gasteiger partial charge in [-0.1, -0.05) is 13.8 Å². The average molecular weight is 306 g/mol. The van der Waals surface area contributed by atoms with Crippen LogP contribution in [0.15, 0.2) is 0 Å². The van der Waals surface area contributed by atoms with Gasteiger partial charge >= 0.3 is 5.97 Å². The summed E-state index contributed by atoms with van der Waals surface area (Å²) in [6.07, 6.45) is 1.22. The molecule has 2 heterocycles. The smallest absolute Gasteiger partial charge is 0.339 e. The third-order valence-electron chi connectivity index (χ3n) is 4.42. The van der Waals surface area contributed by atoms with E-state index >= 15 is 0 Å². The maximum atomic E-state index is 12.6. The van der Waals surface area contributed by atoms with Gasteiger partial charge in [-0.2, -0.15) is 0 Å². The molecule has 0 amide bonds. The lowest BCUT2D eigenvalue weighted by atomic mass is 9.91. The first-order valence-corrected chi connectivity index (χ1v) is 7.86. The minimum absolute atomic E-state index is 0.0389. The Hall–Kier alpha value is -1.62. The molecule has 1 aliphatic rings. The molecule has 0 aromatic carbocycles. The Morgan fingerprint density at radius 2 is 1.82 bits per heavy atom. The molecule has 5 nitrogen and oxygen atoms in total. The lowest BCUT2D eigenvalue weighted by Crippen LogP contribution is -2.41. The minimum Gasteiger partial charge on any atom is -0.465 e. The molecule has 22 heavy (non-hydrogen) atoms. The van der Waals surface area contributed by atoms with E-state index in [0.29, 0.717) is 40.9 Å².